The van der Waals surface area contributed by atoms with Crippen molar-refractivity contribution in [2.24, 2.45) is 9.98 Å². The van der Waals surface area contributed by atoms with Crippen molar-refractivity contribution in [2.75, 3.05) is 26.2 Å². The molecule has 2 aliphatic heterocycles. The highest BCUT2D eigenvalue weighted by atomic mass is 15.0. The van der Waals surface area contributed by atoms with E-state index >= 15 is 0 Å². The third kappa shape index (κ3) is 3.62. The summed E-state index contributed by atoms with van der Waals surface area (Å²) in [6.45, 7) is 3.70. The molecule has 0 saturated carbocycles. The number of hydrogen-bond acceptors (Lipinski definition) is 6. The normalized spacial score (nSPS) is 15.9. The number of nitrogens with zero attached hydrogens (tertiary/aromatic N) is 4. The van der Waals surface area contributed by atoms with Crippen LogP contribution in [0, 0.1) is 0 Å². The highest BCUT2D eigenvalue weighted by Crippen LogP contribution is 2.31. The summed E-state index contributed by atoms with van der Waals surface area (Å²) in [5, 5.41) is 9.03. The Bertz CT molecular complexity index is 1510. The number of aliphatic imine (C=N–C) groups is 2. The Hall–Kier alpha value is -4.46. The molecule has 36 heavy (non-hydrogen) atoms. The molecule has 0 bridgehead atoms. The summed E-state index contributed by atoms with van der Waals surface area (Å²) < 4.78 is 0. The van der Waals surface area contributed by atoms with Crippen molar-refractivity contribution in [2.45, 2.75) is 12.8 Å². The Kier molecular flexibility index (Phi) is 5.01. The second-order valence-electron chi connectivity index (χ2n) is 9.23. The second-order valence-corrected chi connectivity index (χ2v) is 9.23. The van der Waals surface area contributed by atoms with Crippen molar-refractivity contribution in [3.8, 4) is 22.5 Å². The van der Waals surface area contributed by atoms with Gasteiger partial charge in [0.2, 0.25) is 0 Å². The van der Waals surface area contributed by atoms with E-state index in [2.05, 4.69) is 67.0 Å². The van der Waals surface area contributed by atoms with Gasteiger partial charge < -0.3 is 20.6 Å². The molecular formula is C28H26N8. The maximum atomic E-state index is 4.78. The van der Waals surface area contributed by atoms with Crippen LogP contribution in [0.5, 0.6) is 0 Å². The molecule has 0 unspecified atom stereocenters. The van der Waals surface area contributed by atoms with E-state index in [4.69, 9.17) is 9.97 Å². The lowest BCUT2D eigenvalue weighted by molar-refractivity contribution is 0.742. The van der Waals surface area contributed by atoms with Crippen LogP contribution in [0.2, 0.25) is 0 Å². The molecule has 0 aliphatic carbocycles. The van der Waals surface area contributed by atoms with Gasteiger partial charge in [-0.3, -0.25) is 20.0 Å². The fourth-order valence-electron chi connectivity index (χ4n) is 5.03. The molecule has 2 aliphatic rings. The molecule has 0 amide bonds. The third-order valence-electron chi connectivity index (χ3n) is 6.91. The molecule has 0 spiro atoms. The van der Waals surface area contributed by atoms with Crippen LogP contribution in [0.3, 0.4) is 0 Å². The Balaban J connectivity index is 1.18. The van der Waals surface area contributed by atoms with Gasteiger partial charge in [0.15, 0.2) is 0 Å². The standard InChI is InChI=1S/C28H26N8/c1-7-29-27(30-8-1)17-3-5-19-21(13-33-23(19)11-17)25-15-36-26(16-35-25)22-14-34-24-12-18(4-6-20(22)24)28-31-9-2-10-32-28/h3-6,11-16,33-34H,1-2,7-10H2,(H,29,30)(H,31,32). The molecule has 0 fully saturated rings. The van der Waals surface area contributed by atoms with E-state index in [1.807, 2.05) is 24.8 Å². The number of nitrogens with one attached hydrogen (secondary N) is 4. The fraction of sp³-hybridized carbons (Fsp3) is 0.214. The number of hydrogen-bond donors (Lipinski definition) is 4. The highest BCUT2D eigenvalue weighted by molar-refractivity contribution is 6.05. The van der Waals surface area contributed by atoms with E-state index in [-0.39, 0.29) is 0 Å². The summed E-state index contributed by atoms with van der Waals surface area (Å²) in [6, 6.07) is 12.8. The smallest absolute Gasteiger partial charge is 0.128 e. The first-order valence-corrected chi connectivity index (χ1v) is 12.5. The van der Waals surface area contributed by atoms with Crippen LogP contribution < -0.4 is 10.6 Å². The SMILES string of the molecule is c1cc2c(-c3cnc(-c4c[nH]c5cc(C6=NCCCN6)ccc45)cn3)c[nH]c2cc1C1=NCCCN1. The Morgan fingerprint density at radius 1 is 0.611 bits per heavy atom. The average Bonchev–Trinajstić information content (AvgIpc) is 3.58. The summed E-state index contributed by atoms with van der Waals surface area (Å²) in [5.74, 6) is 1.94. The zero-order valence-corrected chi connectivity index (χ0v) is 19.8. The van der Waals surface area contributed by atoms with Crippen LogP contribution in [-0.4, -0.2) is 57.8 Å². The average molecular weight is 475 g/mol. The van der Waals surface area contributed by atoms with E-state index in [1.54, 1.807) is 0 Å². The van der Waals surface area contributed by atoms with Gasteiger partial charge in [0.1, 0.15) is 11.7 Å². The lowest BCUT2D eigenvalue weighted by atomic mass is 10.1. The molecular weight excluding hydrogens is 448 g/mol. The quantitative estimate of drug-likeness (QED) is 0.312. The summed E-state index contributed by atoms with van der Waals surface area (Å²) >= 11 is 0. The maximum absolute atomic E-state index is 4.78. The van der Waals surface area contributed by atoms with E-state index in [0.29, 0.717) is 0 Å². The Morgan fingerprint density at radius 3 is 1.53 bits per heavy atom. The van der Waals surface area contributed by atoms with Crippen molar-refractivity contribution in [3.05, 3.63) is 72.3 Å². The number of aromatic nitrogens is 4. The van der Waals surface area contributed by atoms with Gasteiger partial charge in [-0.1, -0.05) is 24.3 Å². The zero-order valence-electron chi connectivity index (χ0n) is 19.8. The molecule has 2 aromatic carbocycles. The van der Waals surface area contributed by atoms with Gasteiger partial charge in [-0.25, -0.2) is 0 Å². The first-order valence-electron chi connectivity index (χ1n) is 12.5. The largest absolute Gasteiger partial charge is 0.370 e. The Morgan fingerprint density at radius 2 is 1.11 bits per heavy atom. The predicted octanol–water partition coefficient (Wildman–Crippen LogP) is 4.25. The van der Waals surface area contributed by atoms with Crippen molar-refractivity contribution >= 4 is 33.5 Å². The maximum Gasteiger partial charge on any atom is 0.128 e. The first-order chi connectivity index (χ1) is 17.8. The minimum atomic E-state index is 0.842. The molecule has 4 N–H and O–H groups in total. The minimum absolute atomic E-state index is 0.842. The molecule has 8 nitrogen and oxygen atoms in total. The number of aromatic amines is 2. The van der Waals surface area contributed by atoms with Gasteiger partial charge >= 0.3 is 0 Å². The number of rotatable bonds is 4. The second kappa shape index (κ2) is 8.64. The molecule has 8 heteroatoms. The van der Waals surface area contributed by atoms with Crippen molar-refractivity contribution in [1.82, 2.24) is 30.6 Å². The molecule has 0 atom stereocenters. The molecule has 0 saturated heterocycles. The van der Waals surface area contributed by atoms with Gasteiger partial charge in [-0.05, 0) is 25.0 Å². The van der Waals surface area contributed by atoms with E-state index in [1.165, 1.54) is 0 Å². The van der Waals surface area contributed by atoms with Crippen LogP contribution in [0.4, 0.5) is 0 Å². The summed E-state index contributed by atoms with van der Waals surface area (Å²) in [4.78, 5) is 25.6. The Labute approximate surface area is 208 Å². The van der Waals surface area contributed by atoms with E-state index in [9.17, 15) is 0 Å². The molecule has 5 aromatic rings. The minimum Gasteiger partial charge on any atom is -0.370 e. The summed E-state index contributed by atoms with van der Waals surface area (Å²) in [6.07, 6.45) is 9.88. The zero-order chi connectivity index (χ0) is 23.9. The van der Waals surface area contributed by atoms with Crippen molar-refractivity contribution in [3.63, 3.8) is 0 Å². The van der Waals surface area contributed by atoms with E-state index < -0.39 is 0 Å². The first kappa shape index (κ1) is 20.9. The summed E-state index contributed by atoms with van der Waals surface area (Å²) in [5.41, 5.74) is 8.10. The molecule has 178 valence electrons. The lowest BCUT2D eigenvalue weighted by Gasteiger charge is -2.14. The summed E-state index contributed by atoms with van der Waals surface area (Å²) in [7, 11) is 0. The van der Waals surface area contributed by atoms with Gasteiger partial charge in [-0.2, -0.15) is 0 Å². The predicted molar refractivity (Wildman–Crippen MR) is 145 cm³/mol. The van der Waals surface area contributed by atoms with Crippen LogP contribution in [0.15, 0.2) is 71.2 Å². The number of benzene rings is 2. The van der Waals surface area contributed by atoms with Gasteiger partial charge in [0.05, 0.1) is 23.8 Å². The monoisotopic (exact) mass is 474 g/mol. The molecule has 7 rings (SSSR count). The molecule has 5 heterocycles. The van der Waals surface area contributed by atoms with Crippen LogP contribution in [-0.2, 0) is 0 Å². The highest BCUT2D eigenvalue weighted by Gasteiger charge is 2.15. The van der Waals surface area contributed by atoms with Crippen LogP contribution in [0.1, 0.15) is 24.0 Å². The molecule has 3 aromatic heterocycles. The van der Waals surface area contributed by atoms with Crippen molar-refractivity contribution in [1.29, 1.82) is 0 Å². The fourth-order valence-corrected chi connectivity index (χ4v) is 5.03. The van der Waals surface area contributed by atoms with E-state index in [0.717, 1.165) is 106 Å². The van der Waals surface area contributed by atoms with Crippen LogP contribution in [0.25, 0.3) is 44.3 Å². The number of fused-ring (bicyclic) bond motifs is 2. The van der Waals surface area contributed by atoms with Gasteiger partial charge in [0.25, 0.3) is 0 Å². The topological polar surface area (TPSA) is 106 Å². The van der Waals surface area contributed by atoms with Crippen molar-refractivity contribution < 1.29 is 0 Å². The number of H-pyrrole nitrogens is 2. The van der Waals surface area contributed by atoms with Crippen LogP contribution >= 0.6 is 0 Å². The third-order valence-corrected chi connectivity index (χ3v) is 6.91. The molecule has 0 radical (unpaired) electrons. The lowest BCUT2D eigenvalue weighted by Crippen LogP contribution is -2.30. The number of amidine groups is 2. The van der Waals surface area contributed by atoms with Gasteiger partial charge in [-0.15, -0.1) is 0 Å². The van der Waals surface area contributed by atoms with Gasteiger partial charge in [0, 0.05) is 82.6 Å².